The Hall–Kier alpha value is -1.13. The normalized spacial score (nSPS) is 12.6. The highest BCUT2D eigenvalue weighted by Crippen LogP contribution is 2.24. The van der Waals surface area contributed by atoms with Crippen LogP contribution in [0, 0.1) is 0 Å². The van der Waals surface area contributed by atoms with Crippen LogP contribution in [0.4, 0.5) is 5.69 Å². The molecule has 0 amide bonds. The molecule has 1 atom stereocenters. The van der Waals surface area contributed by atoms with Crippen molar-refractivity contribution in [3.05, 3.63) is 34.9 Å². The van der Waals surface area contributed by atoms with Crippen LogP contribution in [-0.4, -0.2) is 24.7 Å². The minimum absolute atomic E-state index is 0.260. The number of anilines is 1. The molecule has 0 aliphatic heterocycles. The molecule has 0 aliphatic rings. The second-order valence-electron chi connectivity index (χ2n) is 4.03. The number of nitrogens with one attached hydrogen (secondary N) is 1. The molecular weight excluding hydrogens is 280 g/mol. The van der Waals surface area contributed by atoms with Gasteiger partial charge in [0.05, 0.1) is 17.8 Å². The molecule has 0 fully saturated rings. The third kappa shape index (κ3) is 2.96. The molecule has 4 heteroatoms. The van der Waals surface area contributed by atoms with Crippen molar-refractivity contribution in [1.82, 2.24) is 4.98 Å². The molecule has 0 aliphatic carbocycles. The lowest BCUT2D eigenvalue weighted by Gasteiger charge is -2.15. The van der Waals surface area contributed by atoms with Crippen LogP contribution in [0.25, 0.3) is 10.9 Å². The van der Waals surface area contributed by atoms with E-state index in [9.17, 15) is 0 Å². The zero-order valence-electron chi connectivity index (χ0n) is 9.90. The molecule has 2 rings (SSSR count). The predicted molar refractivity (Wildman–Crippen MR) is 74.4 cm³/mol. The van der Waals surface area contributed by atoms with Crippen LogP contribution in [0.3, 0.4) is 0 Å². The van der Waals surface area contributed by atoms with Gasteiger partial charge < -0.3 is 10.1 Å². The van der Waals surface area contributed by atoms with Crippen LogP contribution in [0.1, 0.15) is 6.92 Å². The molecule has 1 unspecified atom stereocenters. The first kappa shape index (κ1) is 12.3. The second kappa shape index (κ2) is 5.47. The Bertz CT molecular complexity index is 516. The van der Waals surface area contributed by atoms with Crippen molar-refractivity contribution in [1.29, 1.82) is 0 Å². The van der Waals surface area contributed by atoms with Gasteiger partial charge in [0.1, 0.15) is 0 Å². The van der Waals surface area contributed by atoms with Crippen molar-refractivity contribution in [2.24, 2.45) is 0 Å². The highest BCUT2D eigenvalue weighted by molar-refractivity contribution is 9.10. The number of fused-ring (bicyclic) bond motifs is 1. The average Bonchev–Trinajstić information content (AvgIpc) is 2.29. The molecule has 1 aromatic heterocycles. The fraction of sp³-hybridized carbons (Fsp3) is 0.308. The standard InChI is InChI=1S/C13H15BrN2O/c1-9(8-17-2)16-12-5-3-4-10-6-11(14)7-15-13(10)12/h3-7,9,16H,8H2,1-2H3. The Labute approximate surface area is 109 Å². The number of methoxy groups -OCH3 is 1. The van der Waals surface area contributed by atoms with Gasteiger partial charge in [-0.15, -0.1) is 0 Å². The third-order valence-corrected chi connectivity index (χ3v) is 2.93. The molecule has 3 nitrogen and oxygen atoms in total. The van der Waals surface area contributed by atoms with Crippen LogP contribution in [0.2, 0.25) is 0 Å². The second-order valence-corrected chi connectivity index (χ2v) is 4.95. The van der Waals surface area contributed by atoms with Crippen molar-refractivity contribution in [3.63, 3.8) is 0 Å². The number of aromatic nitrogens is 1. The maximum absolute atomic E-state index is 5.12. The first-order chi connectivity index (χ1) is 8.20. The molecule has 90 valence electrons. The molecular formula is C13H15BrN2O. The van der Waals surface area contributed by atoms with E-state index in [1.165, 1.54) is 0 Å². The van der Waals surface area contributed by atoms with Crippen molar-refractivity contribution in [2.45, 2.75) is 13.0 Å². The number of ether oxygens (including phenoxy) is 1. The van der Waals surface area contributed by atoms with Crippen LogP contribution in [-0.2, 0) is 4.74 Å². The molecule has 17 heavy (non-hydrogen) atoms. The van der Waals surface area contributed by atoms with Crippen LogP contribution in [0.5, 0.6) is 0 Å². The minimum Gasteiger partial charge on any atom is -0.383 e. The summed E-state index contributed by atoms with van der Waals surface area (Å²) < 4.78 is 6.11. The molecule has 1 aromatic carbocycles. The van der Waals surface area contributed by atoms with Gasteiger partial charge in [0.25, 0.3) is 0 Å². The summed E-state index contributed by atoms with van der Waals surface area (Å²) in [7, 11) is 1.71. The molecule has 0 spiro atoms. The fourth-order valence-corrected chi connectivity index (χ4v) is 2.16. The summed E-state index contributed by atoms with van der Waals surface area (Å²) in [6.45, 7) is 2.76. The lowest BCUT2D eigenvalue weighted by Crippen LogP contribution is -2.20. The van der Waals surface area contributed by atoms with Crippen LogP contribution in [0.15, 0.2) is 34.9 Å². The predicted octanol–water partition coefficient (Wildman–Crippen LogP) is 3.44. The molecule has 0 saturated heterocycles. The number of benzene rings is 1. The highest BCUT2D eigenvalue weighted by Gasteiger charge is 2.06. The lowest BCUT2D eigenvalue weighted by atomic mass is 10.2. The van der Waals surface area contributed by atoms with E-state index in [0.29, 0.717) is 6.61 Å². The van der Waals surface area contributed by atoms with E-state index < -0.39 is 0 Å². The number of nitrogens with zero attached hydrogens (tertiary/aromatic N) is 1. The van der Waals surface area contributed by atoms with E-state index in [2.05, 4.69) is 45.3 Å². The van der Waals surface area contributed by atoms with Crippen LogP contribution < -0.4 is 5.32 Å². The number of halogens is 1. The van der Waals surface area contributed by atoms with Gasteiger partial charge in [-0.05, 0) is 35.0 Å². The van der Waals surface area contributed by atoms with Gasteiger partial charge in [-0.25, -0.2) is 0 Å². The summed E-state index contributed by atoms with van der Waals surface area (Å²) in [5.74, 6) is 0. The van der Waals surface area contributed by atoms with Gasteiger partial charge in [0.15, 0.2) is 0 Å². The van der Waals surface area contributed by atoms with Gasteiger partial charge in [0.2, 0.25) is 0 Å². The van der Waals surface area contributed by atoms with Crippen molar-refractivity contribution < 1.29 is 4.74 Å². The largest absolute Gasteiger partial charge is 0.383 e. The third-order valence-electron chi connectivity index (χ3n) is 2.50. The summed E-state index contributed by atoms with van der Waals surface area (Å²) >= 11 is 3.43. The monoisotopic (exact) mass is 294 g/mol. The molecule has 0 bridgehead atoms. The number of rotatable bonds is 4. The Morgan fingerprint density at radius 2 is 2.29 bits per heavy atom. The fourth-order valence-electron chi connectivity index (χ4n) is 1.81. The van der Waals surface area contributed by atoms with E-state index in [-0.39, 0.29) is 6.04 Å². The first-order valence-corrected chi connectivity index (χ1v) is 6.30. The maximum Gasteiger partial charge on any atom is 0.0934 e. The molecule has 1 heterocycles. The average molecular weight is 295 g/mol. The number of para-hydroxylation sites is 1. The maximum atomic E-state index is 5.12. The Morgan fingerprint density at radius 3 is 3.06 bits per heavy atom. The smallest absolute Gasteiger partial charge is 0.0934 e. The SMILES string of the molecule is COCC(C)Nc1cccc2cc(Br)cnc12. The van der Waals surface area contributed by atoms with Gasteiger partial charge in [-0.3, -0.25) is 4.98 Å². The Kier molecular flexibility index (Phi) is 3.97. The van der Waals surface area contributed by atoms with Crippen LogP contribution >= 0.6 is 15.9 Å². The van der Waals surface area contributed by atoms with Gasteiger partial charge in [0, 0.05) is 29.2 Å². The number of pyridine rings is 1. The first-order valence-electron chi connectivity index (χ1n) is 5.50. The minimum atomic E-state index is 0.260. The van der Waals surface area contributed by atoms with E-state index in [1.807, 2.05) is 18.3 Å². The van der Waals surface area contributed by atoms with E-state index >= 15 is 0 Å². The van der Waals surface area contributed by atoms with E-state index in [0.717, 1.165) is 21.1 Å². The summed E-state index contributed by atoms with van der Waals surface area (Å²) in [6.07, 6.45) is 1.81. The van der Waals surface area contributed by atoms with E-state index in [4.69, 9.17) is 4.74 Å². The number of hydrogen-bond donors (Lipinski definition) is 1. The van der Waals surface area contributed by atoms with Gasteiger partial charge in [-0.2, -0.15) is 0 Å². The zero-order chi connectivity index (χ0) is 12.3. The lowest BCUT2D eigenvalue weighted by molar-refractivity contribution is 0.190. The summed E-state index contributed by atoms with van der Waals surface area (Å²) in [6, 6.07) is 8.44. The van der Waals surface area contributed by atoms with Crippen molar-refractivity contribution in [3.8, 4) is 0 Å². The molecule has 2 aromatic rings. The van der Waals surface area contributed by atoms with Crippen molar-refractivity contribution >= 4 is 32.5 Å². The summed E-state index contributed by atoms with van der Waals surface area (Å²) in [5, 5.41) is 4.52. The summed E-state index contributed by atoms with van der Waals surface area (Å²) in [4.78, 5) is 4.44. The quantitative estimate of drug-likeness (QED) is 0.938. The topological polar surface area (TPSA) is 34.1 Å². The van der Waals surface area contributed by atoms with E-state index in [1.54, 1.807) is 7.11 Å². The molecule has 0 saturated carbocycles. The molecule has 0 radical (unpaired) electrons. The van der Waals surface area contributed by atoms with Gasteiger partial charge in [-0.1, -0.05) is 12.1 Å². The van der Waals surface area contributed by atoms with Gasteiger partial charge >= 0.3 is 0 Å². The molecule has 1 N–H and O–H groups in total. The number of hydrogen-bond acceptors (Lipinski definition) is 3. The highest BCUT2D eigenvalue weighted by atomic mass is 79.9. The zero-order valence-corrected chi connectivity index (χ0v) is 11.5. The summed E-state index contributed by atoms with van der Waals surface area (Å²) in [5.41, 5.74) is 2.03. The Balaban J connectivity index is 2.34. The Morgan fingerprint density at radius 1 is 1.47 bits per heavy atom. The van der Waals surface area contributed by atoms with Crippen molar-refractivity contribution in [2.75, 3.05) is 19.0 Å².